The summed E-state index contributed by atoms with van der Waals surface area (Å²) in [6.07, 6.45) is 2.85. The zero-order valence-electron chi connectivity index (χ0n) is 25.2. The molecule has 0 aliphatic rings. The first-order valence-electron chi connectivity index (χ1n) is 14.2. The van der Waals surface area contributed by atoms with Crippen LogP contribution in [0.2, 0.25) is 0 Å². The molecule has 0 aliphatic carbocycles. The molecule has 0 bridgehead atoms. The minimum Gasteiger partial charge on any atom is -0.307 e. The Morgan fingerprint density at radius 3 is 2.47 bits per heavy atom. The third kappa shape index (κ3) is 2.44. The maximum atomic E-state index is 8.51. The van der Waals surface area contributed by atoms with Crippen LogP contribution in [0.15, 0.2) is 48.7 Å². The van der Waals surface area contributed by atoms with Crippen molar-refractivity contribution < 1.29 is 12.8 Å². The van der Waals surface area contributed by atoms with Crippen molar-refractivity contribution in [3.8, 4) is 0 Å². The van der Waals surface area contributed by atoms with E-state index in [-0.39, 0.29) is 16.5 Å². The van der Waals surface area contributed by atoms with Crippen molar-refractivity contribution in [3.05, 3.63) is 70.9 Å². The monoisotopic (exact) mass is 425 g/mol. The maximum absolute atomic E-state index is 8.51. The lowest BCUT2D eigenvalue weighted by Crippen LogP contribution is -2.29. The van der Waals surface area contributed by atoms with Crippen LogP contribution in [0.5, 0.6) is 0 Å². The van der Waals surface area contributed by atoms with E-state index in [0.717, 1.165) is 44.5 Å². The second kappa shape index (κ2) is 6.22. The molecule has 3 aromatic carbocycles. The van der Waals surface area contributed by atoms with E-state index in [1.165, 1.54) is 11.6 Å². The van der Waals surface area contributed by atoms with E-state index in [1.807, 2.05) is 42.9 Å². The number of rotatable bonds is 1. The van der Waals surface area contributed by atoms with Crippen LogP contribution >= 0.6 is 0 Å². The number of aromatic nitrogens is 2. The smallest absolute Gasteiger partial charge is 0.224 e. The van der Waals surface area contributed by atoms with Crippen LogP contribution in [0, 0.1) is 26.0 Å². The van der Waals surface area contributed by atoms with Gasteiger partial charge in [0.1, 0.15) is 7.05 Å². The van der Waals surface area contributed by atoms with Crippen molar-refractivity contribution in [1.29, 1.82) is 0 Å². The van der Waals surface area contributed by atoms with E-state index in [0.29, 0.717) is 16.5 Å². The molecule has 32 heavy (non-hydrogen) atoms. The van der Waals surface area contributed by atoms with Crippen molar-refractivity contribution in [2.75, 3.05) is 0 Å². The Labute approximate surface area is 197 Å². The van der Waals surface area contributed by atoms with Gasteiger partial charge in [-0.05, 0) is 72.2 Å². The van der Waals surface area contributed by atoms with Crippen LogP contribution in [-0.2, 0) is 13.5 Å². The summed E-state index contributed by atoms with van der Waals surface area (Å²) in [5.74, 6) is 0. The number of aryl methyl sites for hydroxylation is 4. The molecular formula is C30H31N2+. The molecule has 0 N–H and O–H groups in total. The fourth-order valence-electron chi connectivity index (χ4n) is 5.63. The largest absolute Gasteiger partial charge is 0.307 e. The average molecular weight is 426 g/mol. The summed E-state index contributed by atoms with van der Waals surface area (Å²) in [6.45, 7) is 3.54. The lowest BCUT2D eigenvalue weighted by molar-refractivity contribution is -0.643. The van der Waals surface area contributed by atoms with Crippen molar-refractivity contribution in [1.82, 2.24) is 4.40 Å². The standard InChI is InChI=1S/C30H31N2/c1-17-14-18(2)27-24(19(17)3)28-26-20(12-13-31(28)7)15-21(16-30(4,5)6)25-22-10-8-9-11-23(22)32(27)29(25)26/h8-15H,16H2,1-7H3/q+1/i1D3,2D3. The quantitative estimate of drug-likeness (QED) is 0.148. The molecule has 0 atom stereocenters. The van der Waals surface area contributed by atoms with Gasteiger partial charge in [0.25, 0.3) is 0 Å². The van der Waals surface area contributed by atoms with Crippen molar-refractivity contribution >= 4 is 49.0 Å². The molecule has 0 spiro atoms. The number of nitrogens with zero attached hydrogens (tertiary/aromatic N) is 2. The molecule has 2 nitrogen and oxygen atoms in total. The summed E-state index contributed by atoms with van der Waals surface area (Å²) >= 11 is 0. The van der Waals surface area contributed by atoms with Crippen LogP contribution in [0.3, 0.4) is 0 Å². The zero-order valence-corrected chi connectivity index (χ0v) is 19.2. The Hall–Kier alpha value is -3.13. The molecule has 0 radical (unpaired) electrons. The van der Waals surface area contributed by atoms with Crippen LogP contribution < -0.4 is 4.57 Å². The third-order valence-electron chi connectivity index (χ3n) is 6.86. The van der Waals surface area contributed by atoms with Crippen LogP contribution in [0.4, 0.5) is 0 Å². The van der Waals surface area contributed by atoms with Gasteiger partial charge in [-0.3, -0.25) is 0 Å². The summed E-state index contributed by atoms with van der Waals surface area (Å²) in [7, 11) is 1.95. The van der Waals surface area contributed by atoms with Crippen molar-refractivity contribution in [3.63, 3.8) is 0 Å². The van der Waals surface area contributed by atoms with Gasteiger partial charge in [-0.2, -0.15) is 0 Å². The van der Waals surface area contributed by atoms with E-state index in [2.05, 4.69) is 43.4 Å². The predicted molar refractivity (Wildman–Crippen MR) is 137 cm³/mol. The molecule has 0 saturated heterocycles. The molecule has 6 rings (SSSR count). The summed E-state index contributed by atoms with van der Waals surface area (Å²) in [6, 6.07) is 13.9. The summed E-state index contributed by atoms with van der Waals surface area (Å²) in [5, 5.41) is 4.97. The third-order valence-corrected chi connectivity index (χ3v) is 6.86. The SMILES string of the molecule is [2H]C([2H])([2H])c1cc(C([2H])([2H])[2H])c2c(c1C)c1c3c(cc[n+]1C)cc(CC(C)(C)C)c1c4ccccc4n2c13. The second-order valence-electron chi connectivity index (χ2n) is 10.4. The van der Waals surface area contributed by atoms with Gasteiger partial charge in [0.15, 0.2) is 6.20 Å². The topological polar surface area (TPSA) is 8.29 Å². The molecule has 160 valence electrons. The lowest BCUT2D eigenvalue weighted by Gasteiger charge is -2.21. The Morgan fingerprint density at radius 2 is 1.72 bits per heavy atom. The Kier molecular flexibility index (Phi) is 2.74. The molecule has 0 fully saturated rings. The molecule has 0 aliphatic heterocycles. The average Bonchev–Trinajstić information content (AvgIpc) is 3.13. The van der Waals surface area contributed by atoms with Gasteiger partial charge < -0.3 is 4.40 Å². The highest BCUT2D eigenvalue weighted by molar-refractivity contribution is 6.28. The zero-order chi connectivity index (χ0) is 27.5. The van der Waals surface area contributed by atoms with Crippen LogP contribution in [-0.4, -0.2) is 4.40 Å². The molecular weight excluding hydrogens is 388 g/mol. The Bertz CT molecular complexity index is 1920. The molecule has 2 heteroatoms. The first-order valence-corrected chi connectivity index (χ1v) is 11.2. The highest BCUT2D eigenvalue weighted by atomic mass is 15.0. The number of para-hydroxylation sites is 1. The molecule has 6 aromatic rings. The Morgan fingerprint density at radius 1 is 0.938 bits per heavy atom. The van der Waals surface area contributed by atoms with Crippen molar-refractivity contribution in [2.45, 2.75) is 47.8 Å². The van der Waals surface area contributed by atoms with E-state index < -0.39 is 13.7 Å². The van der Waals surface area contributed by atoms with E-state index in [4.69, 9.17) is 8.22 Å². The number of hydrogen-bond acceptors (Lipinski definition) is 0. The first-order chi connectivity index (χ1) is 17.6. The summed E-state index contributed by atoms with van der Waals surface area (Å²) < 4.78 is 54.4. The molecule has 3 heterocycles. The number of fused-ring (bicyclic) bond motifs is 6. The van der Waals surface area contributed by atoms with E-state index in [1.54, 1.807) is 0 Å². The van der Waals surface area contributed by atoms with Crippen LogP contribution in [0.25, 0.3) is 49.0 Å². The molecule has 0 saturated carbocycles. The normalized spacial score (nSPS) is 16.5. The minimum atomic E-state index is -2.51. The molecule has 0 unspecified atom stereocenters. The number of hydrogen-bond donors (Lipinski definition) is 0. The maximum Gasteiger partial charge on any atom is 0.224 e. The first kappa shape index (κ1) is 14.1. The number of benzene rings is 3. The van der Waals surface area contributed by atoms with Gasteiger partial charge >= 0.3 is 0 Å². The fraction of sp³-hybridized carbons (Fsp3) is 0.300. The summed E-state index contributed by atoms with van der Waals surface area (Å²) in [5.41, 5.74) is 5.35. The fourth-order valence-corrected chi connectivity index (χ4v) is 5.63. The Balaban J connectivity index is 2.05. The van der Waals surface area contributed by atoms with Gasteiger partial charge in [0.2, 0.25) is 5.52 Å². The molecule has 0 amide bonds. The molecule has 3 aromatic heterocycles. The second-order valence-corrected chi connectivity index (χ2v) is 10.4. The highest BCUT2D eigenvalue weighted by Gasteiger charge is 2.27. The summed E-state index contributed by atoms with van der Waals surface area (Å²) in [4.78, 5) is 0. The highest BCUT2D eigenvalue weighted by Crippen LogP contribution is 2.44. The van der Waals surface area contributed by atoms with Gasteiger partial charge in [-0.25, -0.2) is 4.57 Å². The number of pyridine rings is 2. The van der Waals surface area contributed by atoms with Crippen molar-refractivity contribution in [2.24, 2.45) is 12.5 Å². The lowest BCUT2D eigenvalue weighted by atomic mass is 9.85. The van der Waals surface area contributed by atoms with Gasteiger partial charge in [0.05, 0.1) is 27.3 Å². The van der Waals surface area contributed by atoms with E-state index in [9.17, 15) is 0 Å². The van der Waals surface area contributed by atoms with Crippen LogP contribution in [0.1, 0.15) is 51.2 Å². The van der Waals surface area contributed by atoms with Gasteiger partial charge in [0, 0.05) is 25.1 Å². The van der Waals surface area contributed by atoms with E-state index >= 15 is 0 Å². The predicted octanol–water partition coefficient (Wildman–Crippen LogP) is 7.33. The van der Waals surface area contributed by atoms with Gasteiger partial charge in [-0.1, -0.05) is 45.0 Å². The minimum absolute atomic E-state index is 0.0448. The van der Waals surface area contributed by atoms with Gasteiger partial charge in [-0.15, -0.1) is 0 Å².